The van der Waals surface area contributed by atoms with Crippen LogP contribution in [0.5, 0.6) is 5.88 Å². The van der Waals surface area contributed by atoms with Crippen molar-refractivity contribution in [1.82, 2.24) is 15.6 Å². The van der Waals surface area contributed by atoms with E-state index in [-0.39, 0.29) is 17.8 Å². The molecule has 1 fully saturated rings. The van der Waals surface area contributed by atoms with E-state index in [9.17, 15) is 9.18 Å². The van der Waals surface area contributed by atoms with Crippen LogP contribution in [0.15, 0.2) is 42.5 Å². The normalized spacial score (nSPS) is 17.0. The second-order valence-electron chi connectivity index (χ2n) is 8.91. The first-order valence-corrected chi connectivity index (χ1v) is 12.1. The van der Waals surface area contributed by atoms with Gasteiger partial charge in [0.1, 0.15) is 5.82 Å². The molecule has 2 aliphatic rings. The Morgan fingerprint density at radius 3 is 2.79 bits per heavy atom. The maximum atomic E-state index is 14.3. The largest absolute Gasteiger partial charge is 0.481 e. The number of fused-ring (bicyclic) bond motifs is 1. The number of pyridine rings is 1. The maximum absolute atomic E-state index is 14.3. The van der Waals surface area contributed by atoms with Gasteiger partial charge in [0.15, 0.2) is 0 Å². The van der Waals surface area contributed by atoms with E-state index < -0.39 is 0 Å². The number of hydrogen-bond acceptors (Lipinski definition) is 4. The lowest BCUT2D eigenvalue weighted by molar-refractivity contribution is -0.119. The Morgan fingerprint density at radius 2 is 2.00 bits per heavy atom. The molecule has 7 heteroatoms. The third-order valence-electron chi connectivity index (χ3n) is 6.67. The van der Waals surface area contributed by atoms with Crippen molar-refractivity contribution in [2.24, 2.45) is 0 Å². The average Bonchev–Trinajstić information content (AvgIpc) is 3.47. The van der Waals surface area contributed by atoms with Gasteiger partial charge in [-0.2, -0.15) is 0 Å². The highest BCUT2D eigenvalue weighted by atomic mass is 35.5. The molecule has 3 aromatic rings. The predicted octanol–water partition coefficient (Wildman–Crippen LogP) is 5.07. The first-order valence-electron chi connectivity index (χ1n) is 11.7. The minimum Gasteiger partial charge on any atom is -0.481 e. The number of ether oxygens (including phenoxy) is 1. The van der Waals surface area contributed by atoms with Gasteiger partial charge in [-0.05, 0) is 60.6 Å². The predicted molar refractivity (Wildman–Crippen MR) is 132 cm³/mol. The van der Waals surface area contributed by atoms with Gasteiger partial charge in [-0.25, -0.2) is 9.37 Å². The summed E-state index contributed by atoms with van der Waals surface area (Å²) in [5.41, 5.74) is 6.35. The third kappa shape index (κ3) is 4.52. The molecule has 5 nitrogen and oxygen atoms in total. The van der Waals surface area contributed by atoms with Crippen molar-refractivity contribution >= 4 is 17.5 Å². The van der Waals surface area contributed by atoms with E-state index in [0.29, 0.717) is 36.1 Å². The number of amides is 1. The number of carbonyl (C=O) groups excluding carboxylic acids is 1. The summed E-state index contributed by atoms with van der Waals surface area (Å²) in [5.74, 6) is 0.400. The molecule has 1 atom stereocenters. The van der Waals surface area contributed by atoms with Crippen LogP contribution in [0.25, 0.3) is 22.4 Å². The molecule has 1 unspecified atom stereocenters. The first kappa shape index (κ1) is 22.8. The molecule has 0 bridgehead atoms. The average molecular weight is 480 g/mol. The van der Waals surface area contributed by atoms with Crippen LogP contribution in [0.4, 0.5) is 4.39 Å². The van der Waals surface area contributed by atoms with Crippen LogP contribution in [-0.2, 0) is 24.2 Å². The summed E-state index contributed by atoms with van der Waals surface area (Å²) in [5, 5.41) is 6.88. The van der Waals surface area contributed by atoms with Gasteiger partial charge in [0.2, 0.25) is 11.8 Å². The minimum absolute atomic E-state index is 0.109. The van der Waals surface area contributed by atoms with Gasteiger partial charge in [0.05, 0.1) is 17.8 Å². The molecule has 1 aliphatic heterocycles. The number of rotatable bonds is 7. The van der Waals surface area contributed by atoms with Gasteiger partial charge < -0.3 is 15.4 Å². The molecular formula is C27H27ClFN3O2. The van der Waals surface area contributed by atoms with Gasteiger partial charge in [-0.3, -0.25) is 4.79 Å². The second kappa shape index (κ2) is 9.72. The molecule has 5 rings (SSSR count). The molecule has 0 spiro atoms. The van der Waals surface area contributed by atoms with Crippen molar-refractivity contribution in [2.45, 2.75) is 44.7 Å². The second-order valence-corrected chi connectivity index (χ2v) is 9.29. The van der Waals surface area contributed by atoms with E-state index in [4.69, 9.17) is 21.3 Å². The fraction of sp³-hybridized carbons (Fsp3) is 0.333. The SMILES string of the molecule is COc1nc(-c2cccc(-c3cc(F)cc4c3CCC4)c2Cl)ccc1CNCC1CCC(=O)N1. The van der Waals surface area contributed by atoms with Crippen LogP contribution >= 0.6 is 11.6 Å². The Morgan fingerprint density at radius 1 is 1.15 bits per heavy atom. The molecule has 2 N–H and O–H groups in total. The Labute approximate surface area is 203 Å². The highest BCUT2D eigenvalue weighted by Gasteiger charge is 2.22. The van der Waals surface area contributed by atoms with Crippen LogP contribution in [0.3, 0.4) is 0 Å². The molecule has 176 valence electrons. The molecular weight excluding hydrogens is 453 g/mol. The summed E-state index contributed by atoms with van der Waals surface area (Å²) in [6.07, 6.45) is 4.31. The van der Waals surface area contributed by atoms with Crippen LogP contribution in [0, 0.1) is 5.82 Å². The molecule has 1 saturated heterocycles. The molecule has 0 radical (unpaired) electrons. The number of aryl methyl sites for hydroxylation is 1. The lowest BCUT2D eigenvalue weighted by atomic mass is 9.94. The highest BCUT2D eigenvalue weighted by Crippen LogP contribution is 2.40. The number of halogens is 2. The number of benzene rings is 2. The fourth-order valence-corrected chi connectivity index (χ4v) is 5.31. The molecule has 34 heavy (non-hydrogen) atoms. The van der Waals surface area contributed by atoms with Crippen molar-refractivity contribution < 1.29 is 13.9 Å². The van der Waals surface area contributed by atoms with E-state index in [1.54, 1.807) is 19.2 Å². The van der Waals surface area contributed by atoms with Crippen LogP contribution in [0.1, 0.15) is 36.0 Å². The quantitative estimate of drug-likeness (QED) is 0.496. The minimum atomic E-state index is -0.231. The summed E-state index contributed by atoms with van der Waals surface area (Å²) < 4.78 is 19.9. The van der Waals surface area contributed by atoms with Crippen molar-refractivity contribution in [1.29, 1.82) is 0 Å². The lowest BCUT2D eigenvalue weighted by Gasteiger charge is -2.16. The van der Waals surface area contributed by atoms with E-state index in [1.807, 2.05) is 30.3 Å². The zero-order valence-electron chi connectivity index (χ0n) is 19.1. The van der Waals surface area contributed by atoms with E-state index in [2.05, 4.69) is 10.6 Å². The van der Waals surface area contributed by atoms with Crippen LogP contribution in [0.2, 0.25) is 5.02 Å². The molecule has 1 aromatic heterocycles. The molecule has 1 aliphatic carbocycles. The smallest absolute Gasteiger partial charge is 0.220 e. The lowest BCUT2D eigenvalue weighted by Crippen LogP contribution is -2.35. The van der Waals surface area contributed by atoms with Crippen molar-refractivity contribution in [2.75, 3.05) is 13.7 Å². The molecule has 1 amide bonds. The van der Waals surface area contributed by atoms with E-state index in [0.717, 1.165) is 53.5 Å². The fourth-order valence-electron chi connectivity index (χ4n) is 4.99. The molecule has 2 aromatic carbocycles. The summed E-state index contributed by atoms with van der Waals surface area (Å²) in [7, 11) is 1.60. The Balaban J connectivity index is 1.41. The number of nitrogens with zero attached hydrogens (tertiary/aromatic N) is 1. The zero-order chi connectivity index (χ0) is 23.7. The number of hydrogen-bond donors (Lipinski definition) is 2. The summed E-state index contributed by atoms with van der Waals surface area (Å²) in [6.45, 7) is 1.27. The topological polar surface area (TPSA) is 63.2 Å². The van der Waals surface area contributed by atoms with Crippen LogP contribution < -0.4 is 15.4 Å². The highest BCUT2D eigenvalue weighted by molar-refractivity contribution is 6.36. The standard InChI is InChI=1S/C27H27ClFN3O2/c1-34-27-17(14-30-15-19-9-11-25(33)31-19)8-10-24(32-27)22-7-3-6-21(26(22)28)23-13-18(29)12-16-4-2-5-20(16)23/h3,6-8,10,12-13,19,30H,2,4-5,9,11,14-15H2,1H3,(H,31,33). The first-order chi connectivity index (χ1) is 16.5. The van der Waals surface area contributed by atoms with E-state index in [1.165, 1.54) is 5.56 Å². The zero-order valence-corrected chi connectivity index (χ0v) is 19.8. The number of carbonyl (C=O) groups is 1. The van der Waals surface area contributed by atoms with Gasteiger partial charge in [0, 0.05) is 42.2 Å². The van der Waals surface area contributed by atoms with Gasteiger partial charge in [-0.15, -0.1) is 0 Å². The Hall–Kier alpha value is -2.96. The van der Waals surface area contributed by atoms with Gasteiger partial charge >= 0.3 is 0 Å². The molecule has 2 heterocycles. The van der Waals surface area contributed by atoms with Crippen molar-refractivity contribution in [3.05, 3.63) is 70.0 Å². The third-order valence-corrected chi connectivity index (χ3v) is 7.08. The van der Waals surface area contributed by atoms with Gasteiger partial charge in [-0.1, -0.05) is 35.9 Å². The monoisotopic (exact) mass is 479 g/mol. The summed E-state index contributed by atoms with van der Waals surface area (Å²) in [4.78, 5) is 16.1. The number of aromatic nitrogens is 1. The van der Waals surface area contributed by atoms with Crippen molar-refractivity contribution in [3.63, 3.8) is 0 Å². The van der Waals surface area contributed by atoms with E-state index >= 15 is 0 Å². The number of methoxy groups -OCH3 is 1. The number of nitrogens with one attached hydrogen (secondary N) is 2. The summed E-state index contributed by atoms with van der Waals surface area (Å²) in [6, 6.07) is 13.1. The maximum Gasteiger partial charge on any atom is 0.220 e. The van der Waals surface area contributed by atoms with Crippen LogP contribution in [-0.4, -0.2) is 30.6 Å². The Kier molecular flexibility index (Phi) is 6.53. The molecule has 0 saturated carbocycles. The van der Waals surface area contributed by atoms with Gasteiger partial charge in [0.25, 0.3) is 0 Å². The Bertz CT molecular complexity index is 1250. The van der Waals surface area contributed by atoms with Crippen molar-refractivity contribution in [3.8, 4) is 28.3 Å². The summed E-state index contributed by atoms with van der Waals surface area (Å²) >= 11 is 6.89.